The monoisotopic (exact) mass is 281 g/mol. The maximum absolute atomic E-state index is 5.01. The van der Waals surface area contributed by atoms with Gasteiger partial charge in [0, 0.05) is 0 Å². The van der Waals surface area contributed by atoms with Crippen LogP contribution in [0.4, 0.5) is 0 Å². The lowest BCUT2D eigenvalue weighted by atomic mass is 10.3. The second-order valence-electron chi connectivity index (χ2n) is 2.66. The molecule has 18 heavy (non-hydrogen) atoms. The number of hydrogen-bond acceptors (Lipinski definition) is 7. The van der Waals surface area contributed by atoms with Gasteiger partial charge < -0.3 is 10.2 Å². The van der Waals surface area contributed by atoms with Crippen molar-refractivity contribution in [3.63, 3.8) is 0 Å². The molecular weight excluding hydrogens is 270 g/mol. The predicted molar refractivity (Wildman–Crippen MR) is 75.6 cm³/mol. The molecule has 0 amide bonds. The number of thiol groups is 1. The van der Waals surface area contributed by atoms with E-state index >= 15 is 0 Å². The zero-order chi connectivity index (χ0) is 13.1. The zero-order valence-electron chi connectivity index (χ0n) is 9.25. The first kappa shape index (κ1) is 14.1. The number of para-hydroxylation sites is 2. The van der Waals surface area contributed by atoms with Gasteiger partial charge in [-0.3, -0.25) is 0 Å². The Bertz CT molecular complexity index is 501. The summed E-state index contributed by atoms with van der Waals surface area (Å²) in [7, 11) is 0. The number of nitrogens with two attached hydrogens (primary N) is 1. The fourth-order valence-electron chi connectivity index (χ4n) is 0.939. The third kappa shape index (κ3) is 5.41. The van der Waals surface area contributed by atoms with Crippen LogP contribution in [-0.2, 0) is 0 Å². The van der Waals surface area contributed by atoms with Crippen LogP contribution in [0.15, 0.2) is 50.5 Å². The molecule has 94 valence electrons. The molecule has 3 aromatic rings. The van der Waals surface area contributed by atoms with Crippen molar-refractivity contribution in [1.82, 2.24) is 15.2 Å². The summed E-state index contributed by atoms with van der Waals surface area (Å²) in [6, 6.07) is 7.67. The summed E-state index contributed by atoms with van der Waals surface area (Å²) in [6.07, 6.45) is 2.56. The van der Waals surface area contributed by atoms with Gasteiger partial charge >= 0.3 is 0 Å². The molecule has 0 fully saturated rings. The van der Waals surface area contributed by atoms with Crippen LogP contribution in [0.1, 0.15) is 0 Å². The highest BCUT2D eigenvalue weighted by atomic mass is 32.1. The van der Waals surface area contributed by atoms with E-state index in [4.69, 9.17) is 4.42 Å². The highest BCUT2D eigenvalue weighted by molar-refractivity contribution is 7.78. The molecule has 2 heterocycles. The second kappa shape index (κ2) is 9.14. The van der Waals surface area contributed by atoms with Gasteiger partial charge in [-0.2, -0.15) is 0 Å². The molecule has 0 atom stereocenters. The molecule has 0 saturated carbocycles. The van der Waals surface area contributed by atoms with E-state index in [1.54, 1.807) is 11.0 Å². The topological polar surface area (TPSA) is 90.2 Å². The fourth-order valence-corrected chi connectivity index (χ4v) is 1.21. The summed E-state index contributed by atoms with van der Waals surface area (Å²) >= 11 is 4.86. The van der Waals surface area contributed by atoms with Crippen molar-refractivity contribution in [2.45, 2.75) is 0 Å². The first-order valence-corrected chi connectivity index (χ1v) is 6.07. The Labute approximate surface area is 113 Å². The SMILES string of the molecule is N/C=N\S.c1ccc2ocnc2c1.c1nncs1. The van der Waals surface area contributed by atoms with Crippen molar-refractivity contribution in [2.24, 2.45) is 10.1 Å². The molecule has 0 spiro atoms. The Kier molecular flexibility index (Phi) is 7.17. The molecule has 6 nitrogen and oxygen atoms in total. The second-order valence-corrected chi connectivity index (χ2v) is 3.59. The van der Waals surface area contributed by atoms with Crippen LogP contribution < -0.4 is 5.73 Å². The molecule has 0 aliphatic carbocycles. The lowest BCUT2D eigenvalue weighted by Gasteiger charge is -1.79. The minimum Gasteiger partial charge on any atom is -0.443 e. The maximum atomic E-state index is 5.01. The Morgan fingerprint density at radius 3 is 2.44 bits per heavy atom. The normalized spacial score (nSPS) is 9.39. The van der Waals surface area contributed by atoms with Crippen molar-refractivity contribution in [2.75, 3.05) is 0 Å². The highest BCUT2D eigenvalue weighted by Gasteiger charge is 1.91. The minimum atomic E-state index is 0.845. The third-order valence-electron chi connectivity index (χ3n) is 1.59. The summed E-state index contributed by atoms with van der Waals surface area (Å²) in [5.41, 5.74) is 9.78. The fraction of sp³-hybridized carbons (Fsp3) is 0. The van der Waals surface area contributed by atoms with Gasteiger partial charge in [0.05, 0.1) is 6.34 Å². The molecule has 3 rings (SSSR count). The molecular formula is C10H11N5OS2. The average molecular weight is 281 g/mol. The highest BCUT2D eigenvalue weighted by Crippen LogP contribution is 2.09. The number of nitrogens with zero attached hydrogens (tertiary/aromatic N) is 4. The zero-order valence-corrected chi connectivity index (χ0v) is 11.0. The molecule has 2 N–H and O–H groups in total. The first-order valence-electron chi connectivity index (χ1n) is 4.73. The molecule has 2 aromatic heterocycles. The third-order valence-corrected chi connectivity index (χ3v) is 2.15. The summed E-state index contributed by atoms with van der Waals surface area (Å²) in [5, 5.41) is 6.98. The molecule has 0 aliphatic rings. The van der Waals surface area contributed by atoms with Crippen LogP contribution in [-0.4, -0.2) is 21.5 Å². The van der Waals surface area contributed by atoms with Gasteiger partial charge in [0.25, 0.3) is 0 Å². The van der Waals surface area contributed by atoms with Crippen LogP contribution >= 0.6 is 24.2 Å². The molecule has 0 radical (unpaired) electrons. The molecule has 0 saturated heterocycles. The Morgan fingerprint density at radius 1 is 1.28 bits per heavy atom. The lowest BCUT2D eigenvalue weighted by Crippen LogP contribution is -1.83. The number of aromatic nitrogens is 3. The van der Waals surface area contributed by atoms with Crippen LogP contribution in [0, 0.1) is 0 Å². The number of fused-ring (bicyclic) bond motifs is 1. The van der Waals surface area contributed by atoms with E-state index in [0.717, 1.165) is 17.4 Å². The summed E-state index contributed by atoms with van der Waals surface area (Å²) in [5.74, 6) is 0. The van der Waals surface area contributed by atoms with Crippen LogP contribution in [0.25, 0.3) is 11.1 Å². The molecule has 0 aliphatic heterocycles. The van der Waals surface area contributed by atoms with E-state index < -0.39 is 0 Å². The van der Waals surface area contributed by atoms with E-state index in [1.807, 2.05) is 24.3 Å². The number of oxazole rings is 1. The van der Waals surface area contributed by atoms with Gasteiger partial charge in [0.2, 0.25) is 0 Å². The standard InChI is InChI=1S/C7H5NO.C2H2N2S.CH4N2S/c1-2-4-7-6(3-1)8-5-9-7;1-3-4-2-5-1;2-1-3-4/h1-5H;1-2H;1,4H,(H2,2,3). The smallest absolute Gasteiger partial charge is 0.181 e. The van der Waals surface area contributed by atoms with Gasteiger partial charge in [-0.1, -0.05) is 12.1 Å². The van der Waals surface area contributed by atoms with E-state index in [0.29, 0.717) is 0 Å². The summed E-state index contributed by atoms with van der Waals surface area (Å²) in [4.78, 5) is 3.95. The minimum absolute atomic E-state index is 0.845. The van der Waals surface area contributed by atoms with E-state index in [-0.39, 0.29) is 0 Å². The molecule has 0 unspecified atom stereocenters. The largest absolute Gasteiger partial charge is 0.443 e. The Balaban J connectivity index is 0.000000154. The maximum Gasteiger partial charge on any atom is 0.181 e. The van der Waals surface area contributed by atoms with Crippen LogP contribution in [0.3, 0.4) is 0 Å². The van der Waals surface area contributed by atoms with Crippen molar-refractivity contribution in [1.29, 1.82) is 0 Å². The van der Waals surface area contributed by atoms with Gasteiger partial charge in [0.15, 0.2) is 12.0 Å². The average Bonchev–Trinajstić information content (AvgIpc) is 3.12. The summed E-state index contributed by atoms with van der Waals surface area (Å²) < 4.78 is 8.09. The first-order chi connectivity index (χ1) is 8.88. The predicted octanol–water partition coefficient (Wildman–Crippen LogP) is 2.18. The van der Waals surface area contributed by atoms with Gasteiger partial charge in [-0.25, -0.2) is 9.38 Å². The summed E-state index contributed by atoms with van der Waals surface area (Å²) in [6.45, 7) is 0. The van der Waals surface area contributed by atoms with Crippen molar-refractivity contribution < 1.29 is 4.42 Å². The molecule has 8 heteroatoms. The van der Waals surface area contributed by atoms with Crippen LogP contribution in [0.5, 0.6) is 0 Å². The Morgan fingerprint density at radius 2 is 1.94 bits per heavy atom. The number of benzene rings is 1. The van der Waals surface area contributed by atoms with Gasteiger partial charge in [-0.05, 0) is 24.9 Å². The molecule has 0 bridgehead atoms. The number of rotatable bonds is 0. The quantitative estimate of drug-likeness (QED) is 0.374. The number of hydrogen-bond donors (Lipinski definition) is 2. The van der Waals surface area contributed by atoms with E-state index in [9.17, 15) is 0 Å². The Hall–Kier alpha value is -1.93. The molecule has 1 aromatic carbocycles. The van der Waals surface area contributed by atoms with Crippen molar-refractivity contribution >= 4 is 41.6 Å². The van der Waals surface area contributed by atoms with Gasteiger partial charge in [0.1, 0.15) is 16.5 Å². The van der Waals surface area contributed by atoms with E-state index in [2.05, 4.69) is 38.1 Å². The van der Waals surface area contributed by atoms with Gasteiger partial charge in [-0.15, -0.1) is 21.5 Å². The lowest BCUT2D eigenvalue weighted by molar-refractivity contribution is 0.602. The van der Waals surface area contributed by atoms with Crippen molar-refractivity contribution in [3.05, 3.63) is 41.7 Å². The van der Waals surface area contributed by atoms with E-state index in [1.165, 1.54) is 17.7 Å². The van der Waals surface area contributed by atoms with Crippen LogP contribution in [0.2, 0.25) is 0 Å². The van der Waals surface area contributed by atoms with Crippen molar-refractivity contribution in [3.8, 4) is 0 Å².